The smallest absolute Gasteiger partial charge is 0.227 e. The van der Waals surface area contributed by atoms with Gasteiger partial charge in [-0.3, -0.25) is 4.57 Å². The summed E-state index contributed by atoms with van der Waals surface area (Å²) in [6.07, 6.45) is 7.49. The standard InChI is InChI=1S/C15H29N2OP/c1-6-16(7-2)19(18,17(8-3)9-4)15-13-11-10-12-14(15)5/h11-13,15H,6-10H2,1-5H3. The van der Waals surface area contributed by atoms with Crippen LogP contribution < -0.4 is 0 Å². The molecule has 0 spiro atoms. The molecule has 4 heteroatoms. The average molecular weight is 284 g/mol. The Hall–Kier alpha value is -0.370. The molecule has 0 amide bonds. The molecule has 0 radical (unpaired) electrons. The third-order valence-electron chi connectivity index (χ3n) is 3.99. The molecule has 0 bridgehead atoms. The summed E-state index contributed by atoms with van der Waals surface area (Å²) in [5.41, 5.74) is 1.31. The highest BCUT2D eigenvalue weighted by atomic mass is 31.2. The van der Waals surface area contributed by atoms with Crippen molar-refractivity contribution in [2.24, 2.45) is 0 Å². The van der Waals surface area contributed by atoms with Gasteiger partial charge in [0.1, 0.15) is 0 Å². The van der Waals surface area contributed by atoms with E-state index in [1.165, 1.54) is 5.57 Å². The van der Waals surface area contributed by atoms with Crippen LogP contribution in [0.3, 0.4) is 0 Å². The molecule has 0 N–H and O–H groups in total. The quantitative estimate of drug-likeness (QED) is 0.518. The molecule has 0 heterocycles. The Balaban J connectivity index is 3.25. The molecule has 1 unspecified atom stereocenters. The number of allylic oxidation sites excluding steroid dienone is 4. The van der Waals surface area contributed by atoms with E-state index >= 15 is 0 Å². The molecule has 0 aromatic heterocycles. The first-order chi connectivity index (χ1) is 9.05. The lowest BCUT2D eigenvalue weighted by molar-refractivity contribution is 0.356. The lowest BCUT2D eigenvalue weighted by atomic mass is 10.1. The van der Waals surface area contributed by atoms with Crippen LogP contribution in [-0.2, 0) is 4.57 Å². The van der Waals surface area contributed by atoms with Gasteiger partial charge in [0.05, 0.1) is 5.66 Å². The van der Waals surface area contributed by atoms with Gasteiger partial charge >= 0.3 is 0 Å². The molecule has 110 valence electrons. The predicted octanol–water partition coefficient (Wildman–Crippen LogP) is 4.14. The van der Waals surface area contributed by atoms with Crippen LogP contribution in [0.25, 0.3) is 0 Å². The molecule has 0 saturated heterocycles. The fourth-order valence-corrected chi connectivity index (χ4v) is 6.56. The molecular weight excluding hydrogens is 255 g/mol. The summed E-state index contributed by atoms with van der Waals surface area (Å²) in [7, 11) is -2.56. The van der Waals surface area contributed by atoms with Crippen molar-refractivity contribution in [3.63, 3.8) is 0 Å². The molecular formula is C15H29N2OP. The van der Waals surface area contributed by atoms with Crippen LogP contribution in [0.2, 0.25) is 0 Å². The van der Waals surface area contributed by atoms with Crippen LogP contribution in [0.4, 0.5) is 0 Å². The Labute approximate surface area is 118 Å². The minimum Gasteiger partial charge on any atom is -0.288 e. The van der Waals surface area contributed by atoms with Gasteiger partial charge in [-0.15, -0.1) is 0 Å². The van der Waals surface area contributed by atoms with Gasteiger partial charge in [0, 0.05) is 26.2 Å². The second kappa shape index (κ2) is 7.42. The van der Waals surface area contributed by atoms with E-state index in [4.69, 9.17) is 0 Å². The van der Waals surface area contributed by atoms with E-state index in [0.29, 0.717) is 0 Å². The zero-order valence-electron chi connectivity index (χ0n) is 13.1. The predicted molar refractivity (Wildman–Crippen MR) is 84.8 cm³/mol. The fourth-order valence-electron chi connectivity index (χ4n) is 2.90. The van der Waals surface area contributed by atoms with Crippen LogP contribution in [0.15, 0.2) is 23.8 Å². The molecule has 0 aromatic rings. The van der Waals surface area contributed by atoms with Crippen molar-refractivity contribution in [3.8, 4) is 0 Å². The lowest BCUT2D eigenvalue weighted by Gasteiger charge is -2.42. The van der Waals surface area contributed by atoms with Gasteiger partial charge in [0.25, 0.3) is 0 Å². The maximum absolute atomic E-state index is 13.9. The topological polar surface area (TPSA) is 23.6 Å². The number of rotatable bonds is 7. The van der Waals surface area contributed by atoms with Gasteiger partial charge in [-0.2, -0.15) is 0 Å². The molecule has 1 aliphatic rings. The third kappa shape index (κ3) is 3.21. The molecule has 19 heavy (non-hydrogen) atoms. The minimum absolute atomic E-state index is 0.0565. The molecule has 0 fully saturated rings. The van der Waals surface area contributed by atoms with E-state index in [0.717, 1.165) is 32.6 Å². The molecule has 0 aromatic carbocycles. The fraction of sp³-hybridized carbons (Fsp3) is 0.733. The van der Waals surface area contributed by atoms with Crippen LogP contribution in [0.1, 0.15) is 41.0 Å². The van der Waals surface area contributed by atoms with Crippen molar-refractivity contribution in [1.82, 2.24) is 9.34 Å². The minimum atomic E-state index is -2.56. The van der Waals surface area contributed by atoms with Crippen LogP contribution in [0, 0.1) is 0 Å². The summed E-state index contributed by atoms with van der Waals surface area (Å²) < 4.78 is 18.2. The number of hydrogen-bond acceptors (Lipinski definition) is 1. The van der Waals surface area contributed by atoms with E-state index in [9.17, 15) is 4.57 Å². The van der Waals surface area contributed by atoms with E-state index < -0.39 is 7.44 Å². The first-order valence-corrected chi connectivity index (χ1v) is 9.18. The summed E-state index contributed by atoms with van der Waals surface area (Å²) in [5, 5.41) is 0. The summed E-state index contributed by atoms with van der Waals surface area (Å²) in [6, 6.07) is 0. The van der Waals surface area contributed by atoms with Crippen LogP contribution in [0.5, 0.6) is 0 Å². The Bertz CT molecular complexity index is 366. The van der Waals surface area contributed by atoms with Gasteiger partial charge in [-0.05, 0) is 13.3 Å². The number of hydrogen-bond donors (Lipinski definition) is 0. The van der Waals surface area contributed by atoms with Gasteiger partial charge < -0.3 is 0 Å². The molecule has 1 rings (SSSR count). The highest BCUT2D eigenvalue weighted by molar-refractivity contribution is 7.60. The Kier molecular flexibility index (Phi) is 6.52. The van der Waals surface area contributed by atoms with Crippen LogP contribution in [-0.4, -0.2) is 41.2 Å². The zero-order valence-corrected chi connectivity index (χ0v) is 14.0. The zero-order chi connectivity index (χ0) is 14.5. The maximum Gasteiger partial charge on any atom is 0.227 e. The first-order valence-electron chi connectivity index (χ1n) is 7.49. The van der Waals surface area contributed by atoms with E-state index in [-0.39, 0.29) is 5.66 Å². The Morgan fingerprint density at radius 2 is 1.58 bits per heavy atom. The van der Waals surface area contributed by atoms with Gasteiger partial charge in [0.15, 0.2) is 0 Å². The molecule has 0 aliphatic heterocycles. The third-order valence-corrected chi connectivity index (χ3v) is 8.05. The summed E-state index contributed by atoms with van der Waals surface area (Å²) in [6.45, 7) is 13.9. The summed E-state index contributed by atoms with van der Waals surface area (Å²) >= 11 is 0. The van der Waals surface area contributed by atoms with Crippen molar-refractivity contribution in [3.05, 3.63) is 23.8 Å². The van der Waals surface area contributed by atoms with Crippen molar-refractivity contribution >= 4 is 7.44 Å². The molecule has 1 aliphatic carbocycles. The lowest BCUT2D eigenvalue weighted by Crippen LogP contribution is -2.37. The number of nitrogens with zero attached hydrogens (tertiary/aromatic N) is 2. The molecule has 1 atom stereocenters. The highest BCUT2D eigenvalue weighted by Crippen LogP contribution is 2.60. The average Bonchev–Trinajstić information content (AvgIpc) is 2.41. The first kappa shape index (κ1) is 16.7. The van der Waals surface area contributed by atoms with Crippen LogP contribution >= 0.6 is 7.44 Å². The normalized spacial score (nSPS) is 20.2. The van der Waals surface area contributed by atoms with Crippen molar-refractivity contribution < 1.29 is 4.57 Å². The van der Waals surface area contributed by atoms with E-state index in [2.05, 4.69) is 62.2 Å². The summed E-state index contributed by atoms with van der Waals surface area (Å²) in [4.78, 5) is 0. The van der Waals surface area contributed by atoms with E-state index in [1.54, 1.807) is 0 Å². The van der Waals surface area contributed by atoms with Crippen molar-refractivity contribution in [2.75, 3.05) is 26.2 Å². The van der Waals surface area contributed by atoms with Gasteiger partial charge in [0.2, 0.25) is 7.44 Å². The Morgan fingerprint density at radius 1 is 1.11 bits per heavy atom. The monoisotopic (exact) mass is 284 g/mol. The maximum atomic E-state index is 13.9. The summed E-state index contributed by atoms with van der Waals surface area (Å²) in [5.74, 6) is 0. The SMILES string of the molecule is CCN(CC)P(=O)(C1C=CCC=C1C)N(CC)CC. The second-order valence-corrected chi connectivity index (χ2v) is 7.79. The van der Waals surface area contributed by atoms with Crippen molar-refractivity contribution in [1.29, 1.82) is 0 Å². The largest absolute Gasteiger partial charge is 0.288 e. The second-order valence-electron chi connectivity index (χ2n) is 4.92. The Morgan fingerprint density at radius 3 is 1.95 bits per heavy atom. The van der Waals surface area contributed by atoms with Crippen molar-refractivity contribution in [2.45, 2.75) is 46.7 Å². The van der Waals surface area contributed by atoms with E-state index in [1.807, 2.05) is 0 Å². The van der Waals surface area contributed by atoms with Gasteiger partial charge in [-0.25, -0.2) is 9.34 Å². The molecule has 3 nitrogen and oxygen atoms in total. The van der Waals surface area contributed by atoms with Gasteiger partial charge in [-0.1, -0.05) is 51.5 Å². The highest BCUT2D eigenvalue weighted by Gasteiger charge is 2.41. The molecule has 0 saturated carbocycles.